The first-order valence-electron chi connectivity index (χ1n) is 14.0. The highest BCUT2D eigenvalue weighted by Gasteiger charge is 2.25. The summed E-state index contributed by atoms with van der Waals surface area (Å²) in [6.45, 7) is 4.06. The molecule has 1 aromatic heterocycles. The fraction of sp³-hybridized carbons (Fsp3) is 0.355. The van der Waals surface area contributed by atoms with Gasteiger partial charge in [-0.2, -0.15) is 0 Å². The highest BCUT2D eigenvalue weighted by atomic mass is 32.1. The third-order valence-corrected chi connectivity index (χ3v) is 7.27. The summed E-state index contributed by atoms with van der Waals surface area (Å²) in [4.78, 5) is 35.9. The molecule has 0 atom stereocenters. The van der Waals surface area contributed by atoms with E-state index in [0.29, 0.717) is 23.0 Å². The van der Waals surface area contributed by atoms with Crippen molar-refractivity contribution in [3.8, 4) is 11.5 Å². The van der Waals surface area contributed by atoms with E-state index in [4.69, 9.17) is 17.0 Å². The van der Waals surface area contributed by atoms with E-state index in [-0.39, 0.29) is 29.5 Å². The lowest BCUT2D eigenvalue weighted by Gasteiger charge is -2.37. The van der Waals surface area contributed by atoms with Crippen molar-refractivity contribution >= 4 is 40.8 Å². The Bertz CT molecular complexity index is 1330. The summed E-state index contributed by atoms with van der Waals surface area (Å²) in [6, 6.07) is 20.1. The first kappa shape index (κ1) is 30.9. The van der Waals surface area contributed by atoms with Gasteiger partial charge in [0.05, 0.1) is 6.42 Å². The van der Waals surface area contributed by atoms with Gasteiger partial charge in [0.1, 0.15) is 17.3 Å². The Morgan fingerprint density at radius 2 is 1.69 bits per heavy atom. The molecule has 0 saturated carbocycles. The van der Waals surface area contributed by atoms with Crippen molar-refractivity contribution in [1.29, 1.82) is 0 Å². The van der Waals surface area contributed by atoms with Crippen LogP contribution in [-0.4, -0.2) is 90.1 Å². The number of pyridine rings is 1. The molecule has 3 N–H and O–H groups in total. The molecule has 0 spiro atoms. The zero-order chi connectivity index (χ0) is 29.9. The summed E-state index contributed by atoms with van der Waals surface area (Å²) < 4.78 is 5.98. The molecule has 2 heterocycles. The van der Waals surface area contributed by atoms with E-state index in [1.807, 2.05) is 37.4 Å². The van der Waals surface area contributed by atoms with Crippen LogP contribution in [0.5, 0.6) is 11.5 Å². The Labute approximate surface area is 253 Å². The lowest BCUT2D eigenvalue weighted by molar-refractivity contribution is -0.119. The Morgan fingerprint density at radius 3 is 2.38 bits per heavy atom. The molecular formula is C31H39N7O3S. The van der Waals surface area contributed by atoms with Crippen LogP contribution < -0.4 is 20.7 Å². The minimum atomic E-state index is -0.188. The van der Waals surface area contributed by atoms with Crippen LogP contribution in [0.3, 0.4) is 0 Å². The minimum Gasteiger partial charge on any atom is -0.457 e. The Balaban J connectivity index is 1.23. The fourth-order valence-electron chi connectivity index (χ4n) is 4.64. The average Bonchev–Trinajstić information content (AvgIpc) is 2.97. The van der Waals surface area contributed by atoms with Crippen molar-refractivity contribution in [2.45, 2.75) is 25.3 Å². The van der Waals surface area contributed by atoms with Gasteiger partial charge >= 0.3 is 6.03 Å². The molecule has 1 aliphatic heterocycles. The number of likely N-dealkylation sites (N-methyl/N-ethyl adjacent to an activating group) is 1. The number of anilines is 2. The molecule has 222 valence electrons. The number of thiocarbonyl (C=S) groups is 1. The number of urea groups is 1. The van der Waals surface area contributed by atoms with E-state index in [9.17, 15) is 9.59 Å². The smallest absolute Gasteiger partial charge is 0.323 e. The van der Waals surface area contributed by atoms with Crippen molar-refractivity contribution in [3.05, 3.63) is 78.5 Å². The van der Waals surface area contributed by atoms with Crippen molar-refractivity contribution in [1.82, 2.24) is 25.0 Å². The zero-order valence-electron chi connectivity index (χ0n) is 24.4. The number of nitrogens with one attached hydrogen (secondary N) is 3. The second kappa shape index (κ2) is 15.2. The molecule has 42 heavy (non-hydrogen) atoms. The van der Waals surface area contributed by atoms with Gasteiger partial charge in [-0.05, 0) is 75.1 Å². The largest absolute Gasteiger partial charge is 0.457 e. The first-order valence-corrected chi connectivity index (χ1v) is 14.5. The third-order valence-electron chi connectivity index (χ3n) is 7.06. The molecule has 11 heteroatoms. The maximum atomic E-state index is 12.9. The van der Waals surface area contributed by atoms with Gasteiger partial charge in [-0.3, -0.25) is 10.1 Å². The number of likely N-dealkylation sites (tertiary alicyclic amines) is 1. The van der Waals surface area contributed by atoms with Gasteiger partial charge in [-0.15, -0.1) is 0 Å². The second-order valence-electron chi connectivity index (χ2n) is 10.6. The van der Waals surface area contributed by atoms with Crippen LogP contribution in [-0.2, 0) is 11.2 Å². The zero-order valence-corrected chi connectivity index (χ0v) is 25.2. The second-order valence-corrected chi connectivity index (χ2v) is 11.0. The number of piperidine rings is 1. The number of hydrogen-bond donors (Lipinski definition) is 3. The lowest BCUT2D eigenvalue weighted by atomic mass is 10.0. The van der Waals surface area contributed by atoms with E-state index in [1.165, 1.54) is 0 Å². The van der Waals surface area contributed by atoms with Crippen LogP contribution in [0, 0.1) is 0 Å². The molecule has 1 aliphatic rings. The van der Waals surface area contributed by atoms with Crippen molar-refractivity contribution in [3.63, 3.8) is 0 Å². The van der Waals surface area contributed by atoms with Crippen LogP contribution in [0.25, 0.3) is 0 Å². The molecule has 1 fully saturated rings. The third kappa shape index (κ3) is 9.79. The van der Waals surface area contributed by atoms with Gasteiger partial charge in [-0.25, -0.2) is 9.78 Å². The minimum absolute atomic E-state index is 0.186. The number of aromatic nitrogens is 1. The molecule has 2 aromatic carbocycles. The van der Waals surface area contributed by atoms with E-state index < -0.39 is 0 Å². The van der Waals surface area contributed by atoms with Crippen LogP contribution >= 0.6 is 12.2 Å². The van der Waals surface area contributed by atoms with Gasteiger partial charge in [0.2, 0.25) is 5.91 Å². The maximum Gasteiger partial charge on any atom is 0.323 e. The van der Waals surface area contributed by atoms with Crippen LogP contribution in [0.2, 0.25) is 0 Å². The number of benzene rings is 2. The van der Waals surface area contributed by atoms with E-state index in [1.54, 1.807) is 47.5 Å². The van der Waals surface area contributed by atoms with Crippen LogP contribution in [0.4, 0.5) is 16.3 Å². The van der Waals surface area contributed by atoms with Crippen molar-refractivity contribution < 1.29 is 14.3 Å². The molecule has 3 amide bonds. The molecule has 3 aromatic rings. The normalized spacial score (nSPS) is 13.8. The van der Waals surface area contributed by atoms with Gasteiger partial charge in [0, 0.05) is 57.2 Å². The predicted molar refractivity (Wildman–Crippen MR) is 170 cm³/mol. The molecule has 10 nitrogen and oxygen atoms in total. The summed E-state index contributed by atoms with van der Waals surface area (Å²) in [5.41, 5.74) is 1.62. The van der Waals surface area contributed by atoms with Gasteiger partial charge in [0.15, 0.2) is 5.11 Å². The first-order chi connectivity index (χ1) is 20.2. The molecule has 0 radical (unpaired) electrons. The van der Waals surface area contributed by atoms with E-state index in [2.05, 4.69) is 44.8 Å². The molecule has 0 unspecified atom stereocenters. The quantitative estimate of drug-likeness (QED) is 0.299. The van der Waals surface area contributed by atoms with Gasteiger partial charge in [-0.1, -0.05) is 30.3 Å². The number of ether oxygens (including phenoxy) is 1. The fourth-order valence-corrected chi connectivity index (χ4v) is 4.87. The SMILES string of the molecule is CN(C)CCN1CCC(N(C)C(=O)Nc2cc(Oc3ccc(NC(=S)NC(=O)Cc4ccccc4)cc3)ccn2)CC1. The highest BCUT2D eigenvalue weighted by molar-refractivity contribution is 7.80. The molecule has 0 bridgehead atoms. The Hall–Kier alpha value is -4.06. The summed E-state index contributed by atoms with van der Waals surface area (Å²) in [7, 11) is 6.01. The predicted octanol–water partition coefficient (Wildman–Crippen LogP) is 4.42. The maximum absolute atomic E-state index is 12.9. The Morgan fingerprint density at radius 1 is 0.976 bits per heavy atom. The molecule has 1 saturated heterocycles. The number of rotatable bonds is 10. The highest BCUT2D eigenvalue weighted by Crippen LogP contribution is 2.25. The van der Waals surface area contributed by atoms with Crippen molar-refractivity contribution in [2.24, 2.45) is 0 Å². The number of carbonyl (C=O) groups excluding carboxylic acids is 2. The van der Waals surface area contributed by atoms with E-state index >= 15 is 0 Å². The van der Waals surface area contributed by atoms with Crippen LogP contribution in [0.1, 0.15) is 18.4 Å². The van der Waals surface area contributed by atoms with Gasteiger partial charge in [0.25, 0.3) is 0 Å². The van der Waals surface area contributed by atoms with Crippen molar-refractivity contribution in [2.75, 3.05) is 58.0 Å². The topological polar surface area (TPSA) is 102 Å². The van der Waals surface area contributed by atoms with Crippen LogP contribution in [0.15, 0.2) is 72.9 Å². The molecule has 4 rings (SSSR count). The average molecular weight is 590 g/mol. The Kier molecular flexibility index (Phi) is 11.2. The summed E-state index contributed by atoms with van der Waals surface area (Å²) in [6.07, 6.45) is 3.74. The number of nitrogens with zero attached hydrogens (tertiary/aromatic N) is 4. The lowest BCUT2D eigenvalue weighted by Crippen LogP contribution is -2.48. The van der Waals surface area contributed by atoms with Gasteiger partial charge < -0.3 is 30.1 Å². The molecule has 0 aliphatic carbocycles. The van der Waals surface area contributed by atoms with E-state index in [0.717, 1.165) is 44.6 Å². The number of amides is 3. The summed E-state index contributed by atoms with van der Waals surface area (Å²) in [5, 5.41) is 8.82. The number of hydrogen-bond acceptors (Lipinski definition) is 7. The standard InChI is InChI=1S/C31H39N7O3S/c1-36(2)19-20-38-17-14-25(15-18-38)37(3)31(40)34-28-22-27(13-16-32-28)41-26-11-9-24(10-12-26)33-30(42)35-29(39)21-23-7-5-4-6-8-23/h4-13,16,22,25H,14-15,17-21H2,1-3H3,(H,32,34,40)(H2,33,35,39,42). The molecular weight excluding hydrogens is 550 g/mol. The monoisotopic (exact) mass is 589 g/mol. The number of carbonyl (C=O) groups is 2. The summed E-state index contributed by atoms with van der Waals surface area (Å²) >= 11 is 5.28. The summed E-state index contributed by atoms with van der Waals surface area (Å²) in [5.74, 6) is 1.37.